The van der Waals surface area contributed by atoms with Crippen molar-refractivity contribution in [3.05, 3.63) is 24.3 Å². The third kappa shape index (κ3) is 3.79. The lowest BCUT2D eigenvalue weighted by molar-refractivity contribution is 0.200. The molecule has 2 nitrogen and oxygen atoms in total. The van der Waals surface area contributed by atoms with Crippen LogP contribution < -0.4 is 9.47 Å². The number of benzene rings is 1. The maximum atomic E-state index is 6.13. The van der Waals surface area contributed by atoms with Crippen LogP contribution >= 0.6 is 11.6 Å². The van der Waals surface area contributed by atoms with Crippen LogP contribution in [0.5, 0.6) is 11.5 Å². The molecule has 0 amide bonds. The number of rotatable bonds is 8. The summed E-state index contributed by atoms with van der Waals surface area (Å²) in [5, 5.41) is 0. The van der Waals surface area contributed by atoms with Crippen LogP contribution in [0.15, 0.2) is 24.3 Å². The van der Waals surface area contributed by atoms with Gasteiger partial charge in [-0.2, -0.15) is 0 Å². The van der Waals surface area contributed by atoms with Gasteiger partial charge in [-0.3, -0.25) is 0 Å². The van der Waals surface area contributed by atoms with Gasteiger partial charge in [-0.25, -0.2) is 0 Å². The van der Waals surface area contributed by atoms with E-state index in [2.05, 4.69) is 6.92 Å². The number of ether oxygens (including phenoxy) is 2. The fraction of sp³-hybridized carbons (Fsp3) is 0.625. The molecule has 1 atom stereocenters. The van der Waals surface area contributed by atoms with Gasteiger partial charge in [0, 0.05) is 5.88 Å². The van der Waals surface area contributed by atoms with Gasteiger partial charge < -0.3 is 9.47 Å². The molecule has 0 aromatic heterocycles. The monoisotopic (exact) mass is 282 g/mol. The van der Waals surface area contributed by atoms with E-state index < -0.39 is 0 Å². The Bertz CT molecular complexity index is 403. The molecular weight excluding hydrogens is 260 g/mol. The van der Waals surface area contributed by atoms with E-state index in [1.807, 2.05) is 31.2 Å². The smallest absolute Gasteiger partial charge is 0.161 e. The fourth-order valence-corrected chi connectivity index (χ4v) is 2.75. The molecule has 0 heterocycles. The van der Waals surface area contributed by atoms with Crippen molar-refractivity contribution in [2.45, 2.75) is 33.1 Å². The van der Waals surface area contributed by atoms with E-state index in [1.165, 1.54) is 12.8 Å². The summed E-state index contributed by atoms with van der Waals surface area (Å²) >= 11 is 6.13. The van der Waals surface area contributed by atoms with Crippen molar-refractivity contribution in [1.82, 2.24) is 0 Å². The maximum absolute atomic E-state index is 6.13. The van der Waals surface area contributed by atoms with Crippen LogP contribution in [0.3, 0.4) is 0 Å². The minimum Gasteiger partial charge on any atom is -0.490 e. The van der Waals surface area contributed by atoms with E-state index in [9.17, 15) is 0 Å². The van der Waals surface area contributed by atoms with E-state index in [4.69, 9.17) is 21.1 Å². The van der Waals surface area contributed by atoms with Crippen LogP contribution in [0.1, 0.15) is 33.1 Å². The summed E-state index contributed by atoms with van der Waals surface area (Å²) in [7, 11) is 0. The largest absolute Gasteiger partial charge is 0.490 e. The van der Waals surface area contributed by atoms with Crippen LogP contribution in [0.25, 0.3) is 0 Å². The summed E-state index contributed by atoms with van der Waals surface area (Å²) in [4.78, 5) is 0. The van der Waals surface area contributed by atoms with Crippen molar-refractivity contribution in [3.8, 4) is 11.5 Å². The van der Waals surface area contributed by atoms with Crippen molar-refractivity contribution in [1.29, 1.82) is 0 Å². The van der Waals surface area contributed by atoms with E-state index in [1.54, 1.807) is 0 Å². The van der Waals surface area contributed by atoms with E-state index >= 15 is 0 Å². The zero-order valence-electron chi connectivity index (χ0n) is 11.8. The maximum Gasteiger partial charge on any atom is 0.161 e. The van der Waals surface area contributed by atoms with Gasteiger partial charge in [0.15, 0.2) is 11.5 Å². The molecule has 1 unspecified atom stereocenters. The van der Waals surface area contributed by atoms with Gasteiger partial charge in [0.1, 0.15) is 0 Å². The van der Waals surface area contributed by atoms with E-state index in [0.29, 0.717) is 19.1 Å². The molecule has 1 aromatic rings. The van der Waals surface area contributed by atoms with E-state index in [-0.39, 0.29) is 5.41 Å². The van der Waals surface area contributed by atoms with Crippen molar-refractivity contribution < 1.29 is 9.47 Å². The Morgan fingerprint density at radius 1 is 1.21 bits per heavy atom. The van der Waals surface area contributed by atoms with Gasteiger partial charge in [-0.05, 0) is 49.7 Å². The third-order valence-corrected chi connectivity index (χ3v) is 4.56. The first-order chi connectivity index (χ1) is 9.19. The molecule has 1 fully saturated rings. The standard InChI is InChI=1S/C16H23ClO2/c1-3-18-14-6-4-5-7-15(14)19-11-10-16(2,12-17)13-8-9-13/h4-7,13H,3,8-12H2,1-2H3. The SMILES string of the molecule is CCOc1ccccc1OCCC(C)(CCl)C1CC1. The Morgan fingerprint density at radius 3 is 2.37 bits per heavy atom. The second-order valence-corrected chi connectivity index (χ2v) is 5.81. The lowest BCUT2D eigenvalue weighted by atomic mass is 9.84. The average Bonchev–Trinajstić information content (AvgIpc) is 3.25. The van der Waals surface area contributed by atoms with Crippen LogP contribution in [0.2, 0.25) is 0 Å². The minimum atomic E-state index is 0.224. The molecule has 0 saturated heterocycles. The zero-order chi connectivity index (χ0) is 13.7. The Morgan fingerprint density at radius 2 is 1.84 bits per heavy atom. The van der Waals surface area contributed by atoms with Gasteiger partial charge in [-0.15, -0.1) is 11.6 Å². The van der Waals surface area contributed by atoms with Gasteiger partial charge in [-0.1, -0.05) is 19.1 Å². The summed E-state index contributed by atoms with van der Waals surface area (Å²) in [6.07, 6.45) is 3.64. The number of para-hydroxylation sites is 2. The number of halogens is 1. The summed E-state index contributed by atoms with van der Waals surface area (Å²) < 4.78 is 11.4. The summed E-state index contributed by atoms with van der Waals surface area (Å²) in [6, 6.07) is 7.84. The molecule has 1 saturated carbocycles. The first-order valence-electron chi connectivity index (χ1n) is 7.10. The molecule has 1 aliphatic carbocycles. The van der Waals surface area contributed by atoms with Crippen molar-refractivity contribution in [3.63, 3.8) is 0 Å². The highest BCUT2D eigenvalue weighted by Crippen LogP contribution is 2.48. The first-order valence-corrected chi connectivity index (χ1v) is 7.63. The van der Waals surface area contributed by atoms with Gasteiger partial charge in [0.25, 0.3) is 0 Å². The minimum absolute atomic E-state index is 0.224. The molecule has 3 heteroatoms. The topological polar surface area (TPSA) is 18.5 Å². The number of hydrogen-bond acceptors (Lipinski definition) is 2. The predicted octanol–water partition coefficient (Wildman–Crippen LogP) is 4.51. The Balaban J connectivity index is 1.88. The zero-order valence-corrected chi connectivity index (χ0v) is 12.6. The highest BCUT2D eigenvalue weighted by Gasteiger charge is 2.40. The Labute approximate surface area is 121 Å². The first kappa shape index (κ1) is 14.5. The van der Waals surface area contributed by atoms with Crippen LogP contribution in [0.4, 0.5) is 0 Å². The van der Waals surface area contributed by atoms with E-state index in [0.717, 1.165) is 23.8 Å². The molecular formula is C16H23ClO2. The molecule has 106 valence electrons. The second kappa shape index (κ2) is 6.51. The summed E-state index contributed by atoms with van der Waals surface area (Å²) in [6.45, 7) is 5.61. The number of hydrogen-bond donors (Lipinski definition) is 0. The fourth-order valence-electron chi connectivity index (χ4n) is 2.40. The molecule has 0 aliphatic heterocycles. The molecule has 0 N–H and O–H groups in total. The van der Waals surface area contributed by atoms with Crippen LogP contribution in [-0.4, -0.2) is 19.1 Å². The Hall–Kier alpha value is -0.890. The van der Waals surface area contributed by atoms with Crippen molar-refractivity contribution in [2.24, 2.45) is 11.3 Å². The molecule has 0 spiro atoms. The second-order valence-electron chi connectivity index (χ2n) is 5.54. The summed E-state index contributed by atoms with van der Waals surface area (Å²) in [5.74, 6) is 3.16. The van der Waals surface area contributed by atoms with Gasteiger partial charge in [0.05, 0.1) is 13.2 Å². The molecule has 19 heavy (non-hydrogen) atoms. The lowest BCUT2D eigenvalue weighted by Gasteiger charge is -2.27. The summed E-state index contributed by atoms with van der Waals surface area (Å²) in [5.41, 5.74) is 0.224. The number of alkyl halides is 1. The predicted molar refractivity (Wildman–Crippen MR) is 79.3 cm³/mol. The third-order valence-electron chi connectivity index (χ3n) is 3.95. The van der Waals surface area contributed by atoms with Gasteiger partial charge >= 0.3 is 0 Å². The Kier molecular flexibility index (Phi) is 4.98. The van der Waals surface area contributed by atoms with Crippen LogP contribution in [0, 0.1) is 11.3 Å². The molecule has 2 rings (SSSR count). The molecule has 1 aromatic carbocycles. The highest BCUT2D eigenvalue weighted by molar-refractivity contribution is 6.18. The molecule has 0 bridgehead atoms. The average molecular weight is 283 g/mol. The normalized spacial score (nSPS) is 17.8. The van der Waals surface area contributed by atoms with Gasteiger partial charge in [0.2, 0.25) is 0 Å². The van der Waals surface area contributed by atoms with Crippen molar-refractivity contribution >= 4 is 11.6 Å². The van der Waals surface area contributed by atoms with Crippen LogP contribution in [-0.2, 0) is 0 Å². The highest BCUT2D eigenvalue weighted by atomic mass is 35.5. The lowest BCUT2D eigenvalue weighted by Crippen LogP contribution is -2.24. The molecule has 1 aliphatic rings. The van der Waals surface area contributed by atoms with Crippen molar-refractivity contribution in [2.75, 3.05) is 19.1 Å². The quantitative estimate of drug-likeness (QED) is 0.653. The molecule has 0 radical (unpaired) electrons.